The van der Waals surface area contributed by atoms with Gasteiger partial charge < -0.3 is 5.32 Å². The molecule has 1 aliphatic rings. The lowest BCUT2D eigenvalue weighted by atomic mass is 10.2. The van der Waals surface area contributed by atoms with Crippen molar-refractivity contribution in [2.45, 2.75) is 0 Å². The molecule has 1 unspecified atom stereocenters. The first-order chi connectivity index (χ1) is 5.36. The van der Waals surface area contributed by atoms with Gasteiger partial charge in [0.05, 0.1) is 1.37 Å². The van der Waals surface area contributed by atoms with Crippen LogP contribution in [0.15, 0.2) is 29.3 Å². The highest BCUT2D eigenvalue weighted by Crippen LogP contribution is 2.14. The SMILES string of the molecule is [2H]C1N=Cc2ccccc2N1. The Morgan fingerprint density at radius 1 is 1.50 bits per heavy atom. The van der Waals surface area contributed by atoms with E-state index >= 15 is 0 Å². The fourth-order valence-electron chi connectivity index (χ4n) is 0.965. The molecular formula is C8H8N2. The van der Waals surface area contributed by atoms with Gasteiger partial charge in [-0.05, 0) is 6.07 Å². The van der Waals surface area contributed by atoms with Crippen LogP contribution in [0.25, 0.3) is 0 Å². The van der Waals surface area contributed by atoms with E-state index in [1.54, 1.807) is 6.21 Å². The van der Waals surface area contributed by atoms with Crippen LogP contribution >= 0.6 is 0 Å². The summed E-state index contributed by atoms with van der Waals surface area (Å²) in [4.78, 5) is 3.90. The summed E-state index contributed by atoms with van der Waals surface area (Å²) in [6.07, 6.45) is 1.73. The monoisotopic (exact) mass is 133 g/mol. The fraction of sp³-hybridized carbons (Fsp3) is 0.125. The third-order valence-electron chi connectivity index (χ3n) is 1.47. The van der Waals surface area contributed by atoms with Gasteiger partial charge in [-0.2, -0.15) is 0 Å². The molecule has 0 amide bonds. The van der Waals surface area contributed by atoms with E-state index in [4.69, 9.17) is 1.37 Å². The van der Waals surface area contributed by atoms with E-state index < -0.39 is 6.64 Å². The molecule has 2 heteroatoms. The average Bonchev–Trinajstić information content (AvgIpc) is 2.04. The van der Waals surface area contributed by atoms with Crippen LogP contribution in [0, 0.1) is 0 Å². The molecule has 0 saturated heterocycles. The van der Waals surface area contributed by atoms with Crippen LogP contribution < -0.4 is 5.32 Å². The number of para-hydroxylation sites is 1. The van der Waals surface area contributed by atoms with Gasteiger partial charge in [0, 0.05) is 17.5 Å². The molecule has 0 spiro atoms. The molecule has 0 aromatic heterocycles. The third-order valence-corrected chi connectivity index (χ3v) is 1.47. The molecule has 0 aliphatic carbocycles. The topological polar surface area (TPSA) is 24.4 Å². The fourth-order valence-corrected chi connectivity index (χ4v) is 0.965. The van der Waals surface area contributed by atoms with Crippen molar-refractivity contribution >= 4 is 11.9 Å². The predicted molar refractivity (Wildman–Crippen MR) is 42.5 cm³/mol. The highest BCUT2D eigenvalue weighted by Gasteiger charge is 1.99. The standard InChI is InChI=1S/C8H8N2/c1-2-4-8-7(3-1)5-9-6-10-8/h1-5,10H,6H2/i6D. The Kier molecular flexibility index (Phi) is 0.961. The molecule has 2 rings (SSSR count). The first kappa shape index (κ1) is 4.50. The maximum Gasteiger partial charge on any atom is 0.107 e. The summed E-state index contributed by atoms with van der Waals surface area (Å²) < 4.78 is 7.29. The molecule has 0 radical (unpaired) electrons. The van der Waals surface area contributed by atoms with E-state index in [0.717, 1.165) is 11.3 Å². The largest absolute Gasteiger partial charge is 0.366 e. The van der Waals surface area contributed by atoms with E-state index in [2.05, 4.69) is 10.3 Å². The van der Waals surface area contributed by atoms with Gasteiger partial charge in [0.2, 0.25) is 0 Å². The Bertz CT molecular complexity index is 296. The van der Waals surface area contributed by atoms with Gasteiger partial charge in [-0.25, -0.2) is 0 Å². The van der Waals surface area contributed by atoms with E-state index in [1.165, 1.54) is 0 Å². The molecule has 1 heterocycles. The van der Waals surface area contributed by atoms with Crippen LogP contribution in [0.1, 0.15) is 6.93 Å². The van der Waals surface area contributed by atoms with Crippen LogP contribution in [0.2, 0.25) is 0 Å². The molecular weight excluding hydrogens is 124 g/mol. The summed E-state index contributed by atoms with van der Waals surface area (Å²) in [6, 6.07) is 7.81. The van der Waals surface area contributed by atoms with Gasteiger partial charge in [0.15, 0.2) is 0 Å². The van der Waals surface area contributed by atoms with Crippen molar-refractivity contribution < 1.29 is 1.37 Å². The first-order valence-electron chi connectivity index (χ1n) is 3.75. The third kappa shape index (κ3) is 0.778. The molecule has 10 heavy (non-hydrogen) atoms. The predicted octanol–water partition coefficient (Wildman–Crippen LogP) is 1.49. The normalized spacial score (nSPS) is 22.8. The second-order valence-electron chi connectivity index (χ2n) is 2.14. The van der Waals surface area contributed by atoms with Crippen molar-refractivity contribution in [3.05, 3.63) is 29.8 Å². The zero-order chi connectivity index (χ0) is 7.68. The number of nitrogens with one attached hydrogen (secondary N) is 1. The highest BCUT2D eigenvalue weighted by molar-refractivity contribution is 5.89. The van der Waals surface area contributed by atoms with Crippen molar-refractivity contribution in [1.82, 2.24) is 0 Å². The Labute approximate surface area is 61.0 Å². The minimum atomic E-state index is -0.537. The Morgan fingerprint density at radius 3 is 3.40 bits per heavy atom. The first-order valence-corrected chi connectivity index (χ1v) is 3.17. The van der Waals surface area contributed by atoms with Crippen LogP contribution in [-0.2, 0) is 0 Å². The van der Waals surface area contributed by atoms with Crippen molar-refractivity contribution in [3.63, 3.8) is 0 Å². The van der Waals surface area contributed by atoms with Gasteiger partial charge in [0.25, 0.3) is 0 Å². The van der Waals surface area contributed by atoms with Gasteiger partial charge in [-0.3, -0.25) is 4.99 Å². The summed E-state index contributed by atoms with van der Waals surface area (Å²) in [6.45, 7) is -0.537. The molecule has 2 nitrogen and oxygen atoms in total. The lowest BCUT2D eigenvalue weighted by Gasteiger charge is -2.10. The summed E-state index contributed by atoms with van der Waals surface area (Å²) in [7, 11) is 0. The van der Waals surface area contributed by atoms with E-state index in [-0.39, 0.29) is 0 Å². The smallest absolute Gasteiger partial charge is 0.107 e. The molecule has 1 atom stereocenters. The molecule has 1 N–H and O–H groups in total. The van der Waals surface area contributed by atoms with Crippen LogP contribution in [0.4, 0.5) is 5.69 Å². The lowest BCUT2D eigenvalue weighted by Crippen LogP contribution is -2.06. The number of benzene rings is 1. The number of anilines is 1. The minimum absolute atomic E-state index is 0.537. The van der Waals surface area contributed by atoms with Crippen molar-refractivity contribution in [2.24, 2.45) is 4.99 Å². The van der Waals surface area contributed by atoms with Gasteiger partial charge in [0.1, 0.15) is 6.64 Å². The van der Waals surface area contributed by atoms with Crippen molar-refractivity contribution in [2.75, 3.05) is 12.0 Å². The van der Waals surface area contributed by atoms with Crippen LogP contribution in [0.5, 0.6) is 0 Å². The number of nitrogens with zero attached hydrogens (tertiary/aromatic N) is 1. The van der Waals surface area contributed by atoms with E-state index in [9.17, 15) is 0 Å². The van der Waals surface area contributed by atoms with Gasteiger partial charge >= 0.3 is 0 Å². The molecule has 0 saturated carbocycles. The second kappa shape index (κ2) is 2.14. The Morgan fingerprint density at radius 2 is 2.40 bits per heavy atom. The van der Waals surface area contributed by atoms with Crippen LogP contribution in [-0.4, -0.2) is 12.9 Å². The number of aliphatic imine (C=N–C) groups is 1. The molecule has 1 aromatic carbocycles. The summed E-state index contributed by atoms with van der Waals surface area (Å²) in [5.74, 6) is 0. The summed E-state index contributed by atoms with van der Waals surface area (Å²) in [5, 5.41) is 2.93. The molecule has 50 valence electrons. The molecule has 0 bridgehead atoms. The van der Waals surface area contributed by atoms with Crippen LogP contribution in [0.3, 0.4) is 0 Å². The molecule has 1 aromatic rings. The quantitative estimate of drug-likeness (QED) is 0.569. The highest BCUT2D eigenvalue weighted by atomic mass is 15.0. The molecule has 0 fully saturated rings. The molecule has 1 aliphatic heterocycles. The maximum atomic E-state index is 7.29. The van der Waals surface area contributed by atoms with E-state index in [1.807, 2.05) is 24.3 Å². The zero-order valence-corrected chi connectivity index (χ0v) is 5.41. The number of hydrogen-bond acceptors (Lipinski definition) is 2. The maximum absolute atomic E-state index is 7.29. The summed E-state index contributed by atoms with van der Waals surface area (Å²) >= 11 is 0. The number of hydrogen-bond donors (Lipinski definition) is 1. The van der Waals surface area contributed by atoms with Crippen molar-refractivity contribution in [3.8, 4) is 0 Å². The Hall–Kier alpha value is -1.31. The second-order valence-corrected chi connectivity index (χ2v) is 2.14. The van der Waals surface area contributed by atoms with E-state index in [0.29, 0.717) is 0 Å². The van der Waals surface area contributed by atoms with Gasteiger partial charge in [-0.1, -0.05) is 18.2 Å². The summed E-state index contributed by atoms with van der Waals surface area (Å²) in [5.41, 5.74) is 2.04. The number of fused-ring (bicyclic) bond motifs is 1. The number of rotatable bonds is 0. The average molecular weight is 133 g/mol. The lowest BCUT2D eigenvalue weighted by molar-refractivity contribution is 1.13. The Balaban J connectivity index is 2.46. The van der Waals surface area contributed by atoms with Crippen molar-refractivity contribution in [1.29, 1.82) is 0 Å². The minimum Gasteiger partial charge on any atom is -0.366 e. The van der Waals surface area contributed by atoms with Gasteiger partial charge in [-0.15, -0.1) is 0 Å². The zero-order valence-electron chi connectivity index (χ0n) is 6.41.